The Morgan fingerprint density at radius 3 is 2.17 bits per heavy atom. The van der Waals surface area contributed by atoms with Crippen molar-refractivity contribution in [2.45, 2.75) is 51.2 Å². The minimum absolute atomic E-state index is 0.348. The number of piperidine rings is 1. The lowest BCUT2D eigenvalue weighted by molar-refractivity contribution is -0.144. The summed E-state index contributed by atoms with van der Waals surface area (Å²) in [6, 6.07) is -0.354. The monoisotopic (exact) mass is 258 g/mol. The molecule has 3 N–H and O–H groups in total. The van der Waals surface area contributed by atoms with Crippen molar-refractivity contribution in [3.63, 3.8) is 0 Å². The molecule has 0 aromatic rings. The zero-order valence-electron chi connectivity index (χ0n) is 11.0. The molecule has 0 saturated carbocycles. The minimum atomic E-state index is -1.19. The normalized spacial score (nSPS) is 17.6. The van der Waals surface area contributed by atoms with Crippen LogP contribution in [-0.4, -0.2) is 51.8 Å². The fourth-order valence-electron chi connectivity index (χ4n) is 2.14. The zero-order valence-corrected chi connectivity index (χ0v) is 11.0. The molecule has 0 bridgehead atoms. The number of likely N-dealkylation sites (tertiary alicyclic amines) is 1. The second-order valence-electron chi connectivity index (χ2n) is 4.74. The van der Waals surface area contributed by atoms with Gasteiger partial charge in [-0.25, -0.2) is 9.59 Å². The lowest BCUT2D eigenvalue weighted by Gasteiger charge is -2.34. The van der Waals surface area contributed by atoms with Gasteiger partial charge in [-0.05, 0) is 25.7 Å². The van der Waals surface area contributed by atoms with Crippen LogP contribution in [0.25, 0.3) is 0 Å². The summed E-state index contributed by atoms with van der Waals surface area (Å²) < 4.78 is 0. The van der Waals surface area contributed by atoms with Gasteiger partial charge in [0.2, 0.25) is 0 Å². The van der Waals surface area contributed by atoms with Crippen LogP contribution in [0.1, 0.15) is 39.5 Å². The predicted molar refractivity (Wildman–Crippen MR) is 66.3 cm³/mol. The van der Waals surface area contributed by atoms with Crippen molar-refractivity contribution in [1.82, 2.24) is 10.2 Å². The molecule has 0 aliphatic carbocycles. The van der Waals surface area contributed by atoms with Crippen LogP contribution < -0.4 is 5.32 Å². The molecule has 1 aliphatic rings. The standard InChI is InChI=1S/C12H22N2O4/c1-3-12(4-2,10(16)17)13-11(18)14-7-5-9(15)6-8-14/h9,15H,3-8H2,1-2H3,(H,13,18)(H,16,17). The van der Waals surface area contributed by atoms with Gasteiger partial charge < -0.3 is 20.4 Å². The number of aliphatic hydroxyl groups excluding tert-OH is 1. The highest BCUT2D eigenvalue weighted by atomic mass is 16.4. The molecule has 1 fully saturated rings. The third kappa shape index (κ3) is 3.13. The van der Waals surface area contributed by atoms with Crippen LogP contribution in [0, 0.1) is 0 Å². The van der Waals surface area contributed by atoms with Gasteiger partial charge in [-0.15, -0.1) is 0 Å². The lowest BCUT2D eigenvalue weighted by Crippen LogP contribution is -2.58. The molecule has 0 aromatic heterocycles. The molecular formula is C12H22N2O4. The van der Waals surface area contributed by atoms with Crippen LogP contribution in [0.15, 0.2) is 0 Å². The largest absolute Gasteiger partial charge is 0.480 e. The predicted octanol–water partition coefficient (Wildman–Crippen LogP) is 0.796. The molecule has 0 aromatic carbocycles. The molecule has 0 radical (unpaired) electrons. The van der Waals surface area contributed by atoms with Crippen LogP contribution in [-0.2, 0) is 4.79 Å². The maximum atomic E-state index is 12.0. The smallest absolute Gasteiger partial charge is 0.329 e. The number of hydrogen-bond acceptors (Lipinski definition) is 3. The number of hydrogen-bond donors (Lipinski definition) is 3. The van der Waals surface area contributed by atoms with Gasteiger partial charge in [-0.3, -0.25) is 0 Å². The fourth-order valence-corrected chi connectivity index (χ4v) is 2.14. The van der Waals surface area contributed by atoms with Crippen molar-refractivity contribution in [2.24, 2.45) is 0 Å². The third-order valence-corrected chi connectivity index (χ3v) is 3.71. The number of aliphatic carboxylic acids is 1. The van der Waals surface area contributed by atoms with Gasteiger partial charge in [0.15, 0.2) is 0 Å². The number of carbonyl (C=O) groups is 2. The molecule has 1 saturated heterocycles. The first-order valence-corrected chi connectivity index (χ1v) is 6.43. The molecule has 6 nitrogen and oxygen atoms in total. The summed E-state index contributed by atoms with van der Waals surface area (Å²) in [6.07, 6.45) is 1.44. The summed E-state index contributed by atoms with van der Waals surface area (Å²) in [4.78, 5) is 24.9. The highest BCUT2D eigenvalue weighted by Gasteiger charge is 2.37. The van der Waals surface area contributed by atoms with Crippen molar-refractivity contribution in [3.8, 4) is 0 Å². The number of urea groups is 1. The number of nitrogens with one attached hydrogen (secondary N) is 1. The van der Waals surface area contributed by atoms with Gasteiger partial charge in [0, 0.05) is 13.1 Å². The molecule has 0 unspecified atom stereocenters. The summed E-state index contributed by atoms with van der Waals surface area (Å²) in [7, 11) is 0. The van der Waals surface area contributed by atoms with E-state index in [1.807, 2.05) is 0 Å². The second-order valence-corrected chi connectivity index (χ2v) is 4.74. The molecule has 2 amide bonds. The number of amides is 2. The Morgan fingerprint density at radius 2 is 1.78 bits per heavy atom. The Kier molecular flexibility index (Phi) is 4.95. The van der Waals surface area contributed by atoms with Crippen molar-refractivity contribution in [2.75, 3.05) is 13.1 Å². The van der Waals surface area contributed by atoms with E-state index in [2.05, 4.69) is 5.32 Å². The molecule has 6 heteroatoms. The van der Waals surface area contributed by atoms with E-state index < -0.39 is 11.5 Å². The average molecular weight is 258 g/mol. The van der Waals surface area contributed by atoms with Crippen molar-refractivity contribution < 1.29 is 19.8 Å². The van der Waals surface area contributed by atoms with Crippen LogP contribution >= 0.6 is 0 Å². The topological polar surface area (TPSA) is 89.9 Å². The first-order valence-electron chi connectivity index (χ1n) is 6.43. The fraction of sp³-hybridized carbons (Fsp3) is 0.833. The van der Waals surface area contributed by atoms with Crippen LogP contribution in [0.4, 0.5) is 4.79 Å². The molecule has 1 rings (SSSR count). The molecule has 0 spiro atoms. The van der Waals surface area contributed by atoms with Gasteiger partial charge >= 0.3 is 12.0 Å². The first kappa shape index (κ1) is 14.8. The number of carboxylic acids is 1. The van der Waals surface area contributed by atoms with Crippen LogP contribution in [0.3, 0.4) is 0 Å². The van der Waals surface area contributed by atoms with E-state index in [0.717, 1.165) is 0 Å². The van der Waals surface area contributed by atoms with Gasteiger partial charge in [0.1, 0.15) is 5.54 Å². The van der Waals surface area contributed by atoms with Gasteiger partial charge in [-0.2, -0.15) is 0 Å². The molecular weight excluding hydrogens is 236 g/mol. The number of aliphatic hydroxyl groups is 1. The summed E-state index contributed by atoms with van der Waals surface area (Å²) >= 11 is 0. The van der Waals surface area contributed by atoms with Gasteiger partial charge in [0.25, 0.3) is 0 Å². The summed E-state index contributed by atoms with van der Waals surface area (Å²) in [6.45, 7) is 4.43. The van der Waals surface area contributed by atoms with Gasteiger partial charge in [0.05, 0.1) is 6.10 Å². The second kappa shape index (κ2) is 6.04. The van der Waals surface area contributed by atoms with E-state index >= 15 is 0 Å². The van der Waals surface area contributed by atoms with Gasteiger partial charge in [-0.1, -0.05) is 13.8 Å². The summed E-state index contributed by atoms with van der Waals surface area (Å²) in [5, 5.41) is 21.2. The quantitative estimate of drug-likeness (QED) is 0.695. The minimum Gasteiger partial charge on any atom is -0.480 e. The molecule has 0 atom stereocenters. The van der Waals surface area contributed by atoms with Crippen molar-refractivity contribution >= 4 is 12.0 Å². The molecule has 104 valence electrons. The van der Waals surface area contributed by atoms with E-state index in [0.29, 0.717) is 38.8 Å². The van der Waals surface area contributed by atoms with Crippen LogP contribution in [0.2, 0.25) is 0 Å². The molecule has 18 heavy (non-hydrogen) atoms. The van der Waals surface area contributed by atoms with E-state index in [1.54, 1.807) is 18.7 Å². The third-order valence-electron chi connectivity index (χ3n) is 3.71. The number of carboxylic acid groups (broad SMARTS) is 1. The van der Waals surface area contributed by atoms with E-state index in [-0.39, 0.29) is 12.1 Å². The van der Waals surface area contributed by atoms with Crippen molar-refractivity contribution in [1.29, 1.82) is 0 Å². The van der Waals surface area contributed by atoms with Crippen LogP contribution in [0.5, 0.6) is 0 Å². The summed E-state index contributed by atoms with van der Waals surface area (Å²) in [5.74, 6) is -1.00. The highest BCUT2D eigenvalue weighted by molar-refractivity contribution is 5.86. The Bertz CT molecular complexity index is 307. The first-order chi connectivity index (χ1) is 8.45. The van der Waals surface area contributed by atoms with E-state index in [4.69, 9.17) is 0 Å². The average Bonchev–Trinajstić information content (AvgIpc) is 2.36. The molecule has 1 heterocycles. The number of rotatable bonds is 4. The van der Waals surface area contributed by atoms with Crippen molar-refractivity contribution in [3.05, 3.63) is 0 Å². The number of nitrogens with zero attached hydrogens (tertiary/aromatic N) is 1. The summed E-state index contributed by atoms with van der Waals surface area (Å²) in [5.41, 5.74) is -1.19. The number of carbonyl (C=O) groups excluding carboxylic acids is 1. The maximum absolute atomic E-state index is 12.0. The van der Waals surface area contributed by atoms with E-state index in [9.17, 15) is 19.8 Å². The van der Waals surface area contributed by atoms with E-state index in [1.165, 1.54) is 0 Å². The Hall–Kier alpha value is -1.30. The highest BCUT2D eigenvalue weighted by Crippen LogP contribution is 2.17. The molecule has 1 aliphatic heterocycles. The zero-order chi connectivity index (χ0) is 13.8. The maximum Gasteiger partial charge on any atom is 0.329 e. The Morgan fingerprint density at radius 1 is 1.28 bits per heavy atom. The Balaban J connectivity index is 2.64. The lowest BCUT2D eigenvalue weighted by atomic mass is 9.93. The Labute approximate surface area is 107 Å². The SMILES string of the molecule is CCC(CC)(NC(=O)N1CCC(O)CC1)C(=O)O.